The van der Waals surface area contributed by atoms with Gasteiger partial charge in [-0.2, -0.15) is 4.31 Å². The van der Waals surface area contributed by atoms with Crippen LogP contribution in [0.25, 0.3) is 0 Å². The number of esters is 1. The van der Waals surface area contributed by atoms with Crippen LogP contribution in [0.4, 0.5) is 0 Å². The van der Waals surface area contributed by atoms with Gasteiger partial charge in [-0.1, -0.05) is 76.6 Å². The van der Waals surface area contributed by atoms with E-state index in [1.54, 1.807) is 53.4 Å². The number of ketones is 2. The summed E-state index contributed by atoms with van der Waals surface area (Å²) in [6.45, 7) is 16.3. The van der Waals surface area contributed by atoms with Crippen molar-refractivity contribution >= 4 is 40.8 Å². The highest BCUT2D eigenvalue weighted by molar-refractivity contribution is 7.88. The van der Waals surface area contributed by atoms with Gasteiger partial charge < -0.3 is 38.6 Å². The summed E-state index contributed by atoms with van der Waals surface area (Å²) in [5, 5.41) is 23.7. The Bertz CT molecular complexity index is 2140. The number of ether oxygens (including phenoxy) is 4. The molecule has 2 N–H and O–H groups in total. The fraction of sp³-hybridized carbons (Fsp3) is 0.778. The first-order valence-electron chi connectivity index (χ1n) is 26.2. The Balaban J connectivity index is 1.72. The topological polar surface area (TPSA) is 213 Å². The molecule has 3 fully saturated rings. The molecule has 0 spiro atoms. The third kappa shape index (κ3) is 17.1. The summed E-state index contributed by atoms with van der Waals surface area (Å²) in [4.78, 5) is 58.4. The monoisotopic (exact) mass is 1050 g/mol. The summed E-state index contributed by atoms with van der Waals surface area (Å²) in [5.41, 5.74) is 1.25. The van der Waals surface area contributed by atoms with Crippen LogP contribution in [-0.2, 0) is 57.2 Å². The van der Waals surface area contributed by atoms with Gasteiger partial charge in [-0.05, 0) is 127 Å². The fourth-order valence-electron chi connectivity index (χ4n) is 11.1. The minimum atomic E-state index is -3.72. The van der Waals surface area contributed by atoms with Gasteiger partial charge >= 0.3 is 5.97 Å². The van der Waals surface area contributed by atoms with E-state index in [2.05, 4.69) is 0 Å². The molecular formula is C54H89N2O14PS. The van der Waals surface area contributed by atoms with E-state index < -0.39 is 89.2 Å². The van der Waals surface area contributed by atoms with Gasteiger partial charge in [0.1, 0.15) is 24.4 Å². The normalized spacial score (nSPS) is 38.2. The van der Waals surface area contributed by atoms with Crippen LogP contribution in [0, 0.1) is 35.5 Å². The first-order valence-corrected chi connectivity index (χ1v) is 30.6. The van der Waals surface area contributed by atoms with Crippen molar-refractivity contribution < 1.29 is 65.8 Å². The van der Waals surface area contributed by atoms with E-state index in [4.69, 9.17) is 23.5 Å². The van der Waals surface area contributed by atoms with E-state index in [0.717, 1.165) is 12.7 Å². The number of cyclic esters (lactones) is 1. The highest BCUT2D eigenvalue weighted by atomic mass is 32.2. The predicted octanol–water partition coefficient (Wildman–Crippen LogP) is 7.81. The molecule has 0 unspecified atom stereocenters. The zero-order valence-corrected chi connectivity index (χ0v) is 47.2. The molecule has 2 bridgehead atoms. The lowest BCUT2D eigenvalue weighted by Crippen LogP contribution is -2.61. The third-order valence-corrected chi connectivity index (χ3v) is 17.7. The van der Waals surface area contributed by atoms with Crippen molar-refractivity contribution in [3.8, 4) is 0 Å². The SMILES string of the molecule is CO[C@@H]1C[C@H](C[C@@H](C)[C@@H]2CC[C@H](C)/C=C(\C)[C@@H](O)[C@@H](OC)C(=O)[C@H](C)C[C@H](C)/C=C/C=C/C=C(\C)[C@@H](N(C)S(C)(=O)=O)C[C@@H]3CC[C@@H](C)[C@@](O)(O3)C(=O)C(=O)N3CCCC[C@H]3C(=O)O2)CC[C@H]1OP(C)(C)=O. The van der Waals surface area contributed by atoms with Crippen molar-refractivity contribution in [2.24, 2.45) is 35.5 Å². The maximum absolute atomic E-state index is 14.6. The van der Waals surface area contributed by atoms with Gasteiger partial charge in [-0.15, -0.1) is 0 Å². The fourth-order valence-corrected chi connectivity index (χ4v) is 12.7. The number of aliphatic hydroxyl groups excluding tert-OH is 1. The average Bonchev–Trinajstić information content (AvgIpc) is 3.31. The zero-order valence-electron chi connectivity index (χ0n) is 45.5. The number of likely N-dealkylation sites (N-methyl/N-ethyl adjacent to an activating group) is 1. The van der Waals surface area contributed by atoms with Crippen molar-refractivity contribution in [1.82, 2.24) is 9.21 Å². The van der Waals surface area contributed by atoms with E-state index in [0.29, 0.717) is 75.4 Å². The van der Waals surface area contributed by atoms with Crippen LogP contribution in [0.2, 0.25) is 0 Å². The van der Waals surface area contributed by atoms with Gasteiger partial charge in [0.15, 0.2) is 13.2 Å². The smallest absolute Gasteiger partial charge is 0.329 e. The number of aliphatic hydroxyl groups is 2. The molecule has 1 amide bonds. The van der Waals surface area contributed by atoms with Crippen LogP contribution in [0.5, 0.6) is 0 Å². The van der Waals surface area contributed by atoms with Gasteiger partial charge in [-0.25, -0.2) is 13.2 Å². The number of carbonyl (C=O) groups is 4. The highest BCUT2D eigenvalue weighted by Crippen LogP contribution is 2.45. The minimum Gasteiger partial charge on any atom is -0.461 e. The van der Waals surface area contributed by atoms with Crippen LogP contribution in [0.3, 0.4) is 0 Å². The van der Waals surface area contributed by atoms with Crippen molar-refractivity contribution in [2.75, 3.05) is 47.4 Å². The number of Topliss-reactive ketones (excluding diaryl/α,β-unsaturated/α-hetero) is 2. The molecule has 72 heavy (non-hydrogen) atoms. The second-order valence-electron chi connectivity index (χ2n) is 22.1. The quantitative estimate of drug-likeness (QED) is 0.0976. The van der Waals surface area contributed by atoms with Crippen molar-refractivity contribution in [1.29, 1.82) is 0 Å². The van der Waals surface area contributed by atoms with Gasteiger partial charge in [0.2, 0.25) is 15.8 Å². The molecule has 4 aliphatic rings. The van der Waals surface area contributed by atoms with Crippen molar-refractivity contribution in [3.05, 3.63) is 47.6 Å². The molecule has 0 aromatic carbocycles. The molecule has 2 saturated heterocycles. The standard InChI is InChI=1S/C54H89N2O14PS/c1-34-19-15-14-16-20-36(3)44(55(8)72(13,64)65)33-42-25-23-40(7)54(62,69-42)51(59)52(60)56-28-18-17-21-43(56)53(61)68-45(37(4)31-41-24-27-46(47(32-41)66-9)70-71(11,12)63)26-22-35(2)30-39(6)49(58)50(67-10)48(57)38(5)29-34/h14-16,19-20,30,34-35,37-38,40-47,49-50,58,62H,17-18,21-29,31-33H2,1-13H3/b16-14+,19-15+,36-20+,39-30+/t34-,35+,37-,38-,40-,41+,42+,43+,44+,45+,46-,47-,49-,50+,54-/m1/s1. The van der Waals surface area contributed by atoms with Gasteiger partial charge in [0.05, 0.1) is 24.6 Å². The number of amides is 1. The van der Waals surface area contributed by atoms with Gasteiger partial charge in [-0.3, -0.25) is 18.9 Å². The number of sulfonamides is 1. The van der Waals surface area contributed by atoms with Crippen LogP contribution >= 0.6 is 7.37 Å². The number of hydrogen-bond acceptors (Lipinski definition) is 14. The van der Waals surface area contributed by atoms with Gasteiger partial charge in [0, 0.05) is 59.0 Å². The molecular weight excluding hydrogens is 964 g/mol. The van der Waals surface area contributed by atoms with E-state index >= 15 is 0 Å². The van der Waals surface area contributed by atoms with Crippen molar-refractivity contribution in [2.45, 2.75) is 186 Å². The Labute approximate surface area is 431 Å². The number of allylic oxidation sites excluding steroid dienone is 6. The molecule has 16 nitrogen and oxygen atoms in total. The summed E-state index contributed by atoms with van der Waals surface area (Å²) in [7, 11) is -1.99. The van der Waals surface area contributed by atoms with Crippen LogP contribution < -0.4 is 0 Å². The molecule has 15 atom stereocenters. The number of methoxy groups -OCH3 is 2. The summed E-state index contributed by atoms with van der Waals surface area (Å²) in [6.07, 6.45) is 14.4. The summed E-state index contributed by atoms with van der Waals surface area (Å²) < 4.78 is 69.9. The van der Waals surface area contributed by atoms with Crippen molar-refractivity contribution in [3.63, 3.8) is 0 Å². The number of rotatable bonds is 9. The molecule has 0 aromatic rings. The molecule has 18 heteroatoms. The molecule has 0 radical (unpaired) electrons. The Morgan fingerprint density at radius 3 is 2.21 bits per heavy atom. The largest absolute Gasteiger partial charge is 0.461 e. The molecule has 1 saturated carbocycles. The number of carbonyl (C=O) groups excluding carboxylic acids is 4. The van der Waals surface area contributed by atoms with E-state index in [1.165, 1.54) is 23.4 Å². The number of fused-ring (bicyclic) bond motifs is 3. The molecule has 410 valence electrons. The molecule has 3 heterocycles. The molecule has 4 rings (SSSR count). The van der Waals surface area contributed by atoms with Crippen LogP contribution in [0.1, 0.15) is 132 Å². The third-order valence-electron chi connectivity index (χ3n) is 15.6. The lowest BCUT2D eigenvalue weighted by molar-refractivity contribution is -0.264. The second-order valence-corrected chi connectivity index (χ2v) is 26.8. The highest BCUT2D eigenvalue weighted by Gasteiger charge is 2.53. The molecule has 0 aromatic heterocycles. The lowest BCUT2D eigenvalue weighted by atomic mass is 9.78. The lowest BCUT2D eigenvalue weighted by Gasteiger charge is -2.43. The van der Waals surface area contributed by atoms with Crippen LogP contribution in [-0.4, -0.2) is 153 Å². The molecule has 1 aliphatic carbocycles. The Hall–Kier alpha value is -2.86. The van der Waals surface area contributed by atoms with E-state index in [9.17, 15) is 42.4 Å². The maximum Gasteiger partial charge on any atom is 0.329 e. The predicted molar refractivity (Wildman–Crippen MR) is 279 cm³/mol. The van der Waals surface area contributed by atoms with Crippen LogP contribution in [0.15, 0.2) is 47.6 Å². The first kappa shape index (κ1) is 61.7. The number of nitrogens with zero attached hydrogens (tertiary/aromatic N) is 2. The van der Waals surface area contributed by atoms with E-state index in [1.807, 2.05) is 52.0 Å². The Kier molecular flexibility index (Phi) is 23.4. The maximum atomic E-state index is 14.6. The van der Waals surface area contributed by atoms with E-state index in [-0.39, 0.29) is 61.0 Å². The Morgan fingerprint density at radius 2 is 1.57 bits per heavy atom. The average molecular weight is 1050 g/mol. The minimum absolute atomic E-state index is 0.0163. The summed E-state index contributed by atoms with van der Waals surface area (Å²) in [5.74, 6) is -6.97. The second kappa shape index (κ2) is 27.3. The number of piperidine rings is 1. The summed E-state index contributed by atoms with van der Waals surface area (Å²) >= 11 is 0. The number of hydrogen-bond donors (Lipinski definition) is 2. The summed E-state index contributed by atoms with van der Waals surface area (Å²) in [6, 6.07) is -1.83. The van der Waals surface area contributed by atoms with Gasteiger partial charge in [0.25, 0.3) is 11.7 Å². The molecule has 3 aliphatic heterocycles. The Morgan fingerprint density at radius 1 is 0.875 bits per heavy atom. The first-order chi connectivity index (χ1) is 33.6. The zero-order chi connectivity index (χ0) is 53.9.